The lowest BCUT2D eigenvalue weighted by atomic mass is 9.86. The van der Waals surface area contributed by atoms with Gasteiger partial charge in [-0.25, -0.2) is 0 Å². The summed E-state index contributed by atoms with van der Waals surface area (Å²) in [4.78, 5) is 0. The van der Waals surface area contributed by atoms with Gasteiger partial charge in [-0.3, -0.25) is 0 Å². The Kier molecular flexibility index (Phi) is 3.08. The monoisotopic (exact) mass is 226 g/mol. The van der Waals surface area contributed by atoms with Crippen LogP contribution in [0.5, 0.6) is 0 Å². The molecular formula is C12H19ClN2. The molecule has 2 rings (SSSR count). The van der Waals surface area contributed by atoms with E-state index in [9.17, 15) is 0 Å². The maximum absolute atomic E-state index is 6.38. The van der Waals surface area contributed by atoms with Gasteiger partial charge in [0.15, 0.2) is 0 Å². The van der Waals surface area contributed by atoms with Crippen LogP contribution >= 0.6 is 11.6 Å². The Labute approximate surface area is 96.4 Å². The molecule has 0 aromatic carbocycles. The highest BCUT2D eigenvalue weighted by Crippen LogP contribution is 2.37. The van der Waals surface area contributed by atoms with E-state index in [1.165, 1.54) is 24.0 Å². The molecule has 1 atom stereocenters. The fraction of sp³-hybridized carbons (Fsp3) is 0.667. The topological polar surface area (TPSA) is 30.9 Å². The first kappa shape index (κ1) is 11.0. The van der Waals surface area contributed by atoms with Crippen LogP contribution in [0.3, 0.4) is 0 Å². The van der Waals surface area contributed by atoms with Crippen molar-refractivity contribution in [2.24, 2.45) is 5.73 Å². The molecule has 3 heteroatoms. The van der Waals surface area contributed by atoms with Gasteiger partial charge in [0.2, 0.25) is 0 Å². The molecule has 1 aliphatic carbocycles. The number of hydrogen-bond acceptors (Lipinski definition) is 1. The number of nitrogens with zero attached hydrogens (tertiary/aromatic N) is 1. The number of rotatable bonds is 2. The highest BCUT2D eigenvalue weighted by atomic mass is 35.5. The van der Waals surface area contributed by atoms with Crippen LogP contribution in [0, 0.1) is 0 Å². The Bertz CT molecular complexity index is 355. The summed E-state index contributed by atoms with van der Waals surface area (Å²) in [6.07, 6.45) is 5.75. The molecule has 1 heterocycles. The molecule has 0 aliphatic heterocycles. The third-order valence-corrected chi connectivity index (χ3v) is 3.79. The molecule has 2 N–H and O–H groups in total. The summed E-state index contributed by atoms with van der Waals surface area (Å²) in [7, 11) is 0. The largest absolute Gasteiger partial charge is 0.336 e. The summed E-state index contributed by atoms with van der Waals surface area (Å²) < 4.78 is 2.17. The van der Waals surface area contributed by atoms with Crippen molar-refractivity contribution in [2.75, 3.05) is 6.54 Å². The Morgan fingerprint density at radius 3 is 2.93 bits per heavy atom. The normalized spacial score (nSPS) is 20.7. The molecule has 0 amide bonds. The van der Waals surface area contributed by atoms with Gasteiger partial charge in [-0.05, 0) is 56.7 Å². The smallest absolute Gasteiger partial charge is 0.112 e. The second-order valence-corrected chi connectivity index (χ2v) is 5.04. The summed E-state index contributed by atoms with van der Waals surface area (Å²) in [6, 6.07) is 0.432. The third kappa shape index (κ3) is 1.81. The molecule has 2 nitrogen and oxygen atoms in total. The molecule has 0 saturated heterocycles. The molecule has 15 heavy (non-hydrogen) atoms. The predicted octanol–water partition coefficient (Wildman–Crippen LogP) is 3.10. The minimum atomic E-state index is 0.432. The van der Waals surface area contributed by atoms with E-state index >= 15 is 0 Å². The van der Waals surface area contributed by atoms with Crippen LogP contribution in [-0.4, -0.2) is 11.1 Å². The predicted molar refractivity (Wildman–Crippen MR) is 64.6 cm³/mol. The summed E-state index contributed by atoms with van der Waals surface area (Å²) in [5, 5.41) is 0.929. The molecule has 1 unspecified atom stereocenters. The van der Waals surface area contributed by atoms with E-state index in [-0.39, 0.29) is 0 Å². The third-order valence-electron chi connectivity index (χ3n) is 3.36. The zero-order chi connectivity index (χ0) is 11.0. The number of halogens is 1. The van der Waals surface area contributed by atoms with Gasteiger partial charge in [0, 0.05) is 12.2 Å². The molecule has 1 aliphatic rings. The van der Waals surface area contributed by atoms with Crippen molar-refractivity contribution in [1.29, 1.82) is 0 Å². The van der Waals surface area contributed by atoms with Gasteiger partial charge in [0.1, 0.15) is 5.15 Å². The van der Waals surface area contributed by atoms with Crippen molar-refractivity contribution in [3.63, 3.8) is 0 Å². The van der Waals surface area contributed by atoms with Gasteiger partial charge >= 0.3 is 0 Å². The molecule has 0 fully saturated rings. The standard InChI is InChI=1S/C12H19ClN2/c1-8(2)15-7-11-9(6-14)4-3-5-10(11)12(15)13/h7-9H,3-6,14H2,1-2H3. The van der Waals surface area contributed by atoms with Crippen molar-refractivity contribution in [2.45, 2.75) is 45.1 Å². The lowest BCUT2D eigenvalue weighted by Crippen LogP contribution is -2.16. The summed E-state index contributed by atoms with van der Waals surface area (Å²) in [6.45, 7) is 5.06. The summed E-state index contributed by atoms with van der Waals surface area (Å²) >= 11 is 6.38. The molecule has 0 radical (unpaired) electrons. The summed E-state index contributed by atoms with van der Waals surface area (Å²) in [5.41, 5.74) is 8.53. The van der Waals surface area contributed by atoms with Crippen molar-refractivity contribution >= 4 is 11.6 Å². The number of hydrogen-bond donors (Lipinski definition) is 1. The Balaban J connectivity index is 2.45. The fourth-order valence-corrected chi connectivity index (χ4v) is 2.91. The zero-order valence-corrected chi connectivity index (χ0v) is 10.2. The van der Waals surface area contributed by atoms with E-state index in [2.05, 4.69) is 24.6 Å². The zero-order valence-electron chi connectivity index (χ0n) is 9.46. The minimum absolute atomic E-state index is 0.432. The van der Waals surface area contributed by atoms with E-state index in [1.807, 2.05) is 0 Å². The fourth-order valence-electron chi connectivity index (χ4n) is 2.46. The van der Waals surface area contributed by atoms with E-state index in [1.54, 1.807) is 0 Å². The average Bonchev–Trinajstić information content (AvgIpc) is 2.56. The van der Waals surface area contributed by atoms with Crippen LogP contribution in [-0.2, 0) is 6.42 Å². The first-order valence-electron chi connectivity index (χ1n) is 5.74. The first-order chi connectivity index (χ1) is 7.15. The van der Waals surface area contributed by atoms with Gasteiger partial charge in [0.05, 0.1) is 0 Å². The number of aromatic nitrogens is 1. The van der Waals surface area contributed by atoms with Gasteiger partial charge < -0.3 is 10.3 Å². The van der Waals surface area contributed by atoms with Crippen molar-refractivity contribution < 1.29 is 0 Å². The molecule has 1 aromatic rings. The van der Waals surface area contributed by atoms with E-state index in [0.29, 0.717) is 12.0 Å². The van der Waals surface area contributed by atoms with Crippen LogP contribution in [0.25, 0.3) is 0 Å². The maximum atomic E-state index is 6.38. The van der Waals surface area contributed by atoms with Gasteiger partial charge in [-0.2, -0.15) is 0 Å². The van der Waals surface area contributed by atoms with Crippen LogP contribution in [0.4, 0.5) is 0 Å². The van der Waals surface area contributed by atoms with Gasteiger partial charge in [0.25, 0.3) is 0 Å². The lowest BCUT2D eigenvalue weighted by molar-refractivity contribution is 0.562. The first-order valence-corrected chi connectivity index (χ1v) is 6.12. The van der Waals surface area contributed by atoms with Crippen LogP contribution in [0.15, 0.2) is 6.20 Å². The number of fused-ring (bicyclic) bond motifs is 1. The lowest BCUT2D eigenvalue weighted by Gasteiger charge is -2.20. The quantitative estimate of drug-likeness (QED) is 0.826. The van der Waals surface area contributed by atoms with Crippen LogP contribution in [0.1, 0.15) is 49.8 Å². The molecule has 0 spiro atoms. The average molecular weight is 227 g/mol. The van der Waals surface area contributed by atoms with Gasteiger partial charge in [-0.15, -0.1) is 0 Å². The molecular weight excluding hydrogens is 208 g/mol. The van der Waals surface area contributed by atoms with Crippen molar-refractivity contribution in [3.8, 4) is 0 Å². The Morgan fingerprint density at radius 1 is 1.60 bits per heavy atom. The molecule has 84 valence electrons. The van der Waals surface area contributed by atoms with Gasteiger partial charge in [-0.1, -0.05) is 11.6 Å². The second-order valence-electron chi connectivity index (χ2n) is 4.68. The highest BCUT2D eigenvalue weighted by Gasteiger charge is 2.24. The van der Waals surface area contributed by atoms with E-state index in [4.69, 9.17) is 17.3 Å². The van der Waals surface area contributed by atoms with E-state index in [0.717, 1.165) is 18.1 Å². The Morgan fingerprint density at radius 2 is 2.33 bits per heavy atom. The minimum Gasteiger partial charge on any atom is -0.336 e. The maximum Gasteiger partial charge on any atom is 0.112 e. The van der Waals surface area contributed by atoms with Crippen molar-refractivity contribution in [1.82, 2.24) is 4.57 Å². The Hall–Kier alpha value is -0.470. The second kappa shape index (κ2) is 4.18. The number of nitrogens with two attached hydrogens (primary N) is 1. The van der Waals surface area contributed by atoms with Crippen LogP contribution in [0.2, 0.25) is 5.15 Å². The molecule has 0 saturated carbocycles. The highest BCUT2D eigenvalue weighted by molar-refractivity contribution is 6.30. The molecule has 1 aromatic heterocycles. The van der Waals surface area contributed by atoms with Crippen LogP contribution < -0.4 is 5.73 Å². The summed E-state index contributed by atoms with van der Waals surface area (Å²) in [5.74, 6) is 0.520. The van der Waals surface area contributed by atoms with Crippen molar-refractivity contribution in [3.05, 3.63) is 22.5 Å². The molecule has 0 bridgehead atoms. The van der Waals surface area contributed by atoms with E-state index < -0.39 is 0 Å². The SMILES string of the molecule is CC(C)n1cc2c(c1Cl)CCCC2CN.